The van der Waals surface area contributed by atoms with Crippen LogP contribution in [0.5, 0.6) is 5.75 Å². The smallest absolute Gasteiger partial charge is 0.250 e. The van der Waals surface area contributed by atoms with Gasteiger partial charge < -0.3 is 25.7 Å². The molecule has 19 heavy (non-hydrogen) atoms. The third kappa shape index (κ3) is 5.58. The quantitative estimate of drug-likeness (QED) is 0.510. The van der Waals surface area contributed by atoms with E-state index in [0.717, 1.165) is 6.42 Å². The van der Waals surface area contributed by atoms with Crippen LogP contribution in [0.4, 0.5) is 5.69 Å². The van der Waals surface area contributed by atoms with Gasteiger partial charge in [-0.25, -0.2) is 0 Å². The van der Waals surface area contributed by atoms with E-state index in [4.69, 9.17) is 25.7 Å². The van der Waals surface area contributed by atoms with Crippen LogP contribution in [0.25, 0.3) is 0 Å². The summed E-state index contributed by atoms with van der Waals surface area (Å²) in [5, 5.41) is 0. The summed E-state index contributed by atoms with van der Waals surface area (Å²) in [7, 11) is 1.65. The highest BCUT2D eigenvalue weighted by molar-refractivity contribution is 5.98. The van der Waals surface area contributed by atoms with E-state index in [0.29, 0.717) is 37.9 Å². The summed E-state index contributed by atoms with van der Waals surface area (Å²) >= 11 is 0. The van der Waals surface area contributed by atoms with Gasteiger partial charge in [-0.15, -0.1) is 0 Å². The van der Waals surface area contributed by atoms with E-state index in [1.165, 1.54) is 6.07 Å². The van der Waals surface area contributed by atoms with Gasteiger partial charge in [0.2, 0.25) is 0 Å². The van der Waals surface area contributed by atoms with Gasteiger partial charge in [0, 0.05) is 26.0 Å². The second kappa shape index (κ2) is 8.34. The van der Waals surface area contributed by atoms with Gasteiger partial charge in [-0.1, -0.05) is 0 Å². The van der Waals surface area contributed by atoms with Crippen molar-refractivity contribution < 1.29 is 19.0 Å². The predicted molar refractivity (Wildman–Crippen MR) is 72.2 cm³/mol. The molecule has 0 heterocycles. The number of ether oxygens (including phenoxy) is 3. The molecule has 0 saturated carbocycles. The van der Waals surface area contributed by atoms with E-state index < -0.39 is 5.91 Å². The summed E-state index contributed by atoms with van der Waals surface area (Å²) in [5.41, 5.74) is 11.4. The number of nitrogens with two attached hydrogens (primary N) is 2. The second-order valence-corrected chi connectivity index (χ2v) is 3.92. The van der Waals surface area contributed by atoms with E-state index in [2.05, 4.69) is 0 Å². The maximum Gasteiger partial charge on any atom is 0.250 e. The Labute approximate surface area is 112 Å². The monoisotopic (exact) mass is 268 g/mol. The number of benzene rings is 1. The number of rotatable bonds is 9. The van der Waals surface area contributed by atoms with Gasteiger partial charge in [-0.2, -0.15) is 0 Å². The van der Waals surface area contributed by atoms with Crippen molar-refractivity contribution in [2.75, 3.05) is 39.3 Å². The van der Waals surface area contributed by atoms with Crippen LogP contribution in [0.1, 0.15) is 16.8 Å². The van der Waals surface area contributed by atoms with E-state index in [-0.39, 0.29) is 5.56 Å². The molecule has 6 heteroatoms. The zero-order valence-electron chi connectivity index (χ0n) is 11.1. The minimum atomic E-state index is -0.571. The summed E-state index contributed by atoms with van der Waals surface area (Å²) < 4.78 is 15.7. The van der Waals surface area contributed by atoms with Crippen LogP contribution < -0.4 is 16.2 Å². The number of hydrogen-bond acceptors (Lipinski definition) is 5. The van der Waals surface area contributed by atoms with Crippen LogP contribution >= 0.6 is 0 Å². The Kier molecular flexibility index (Phi) is 6.70. The van der Waals surface area contributed by atoms with Gasteiger partial charge in [0.05, 0.1) is 12.2 Å². The van der Waals surface area contributed by atoms with Crippen molar-refractivity contribution in [2.45, 2.75) is 6.42 Å². The SMILES string of the molecule is COCCCOCCOc1ccc(N)c(C(N)=O)c1. The Morgan fingerprint density at radius 1 is 1.21 bits per heavy atom. The van der Waals surface area contributed by atoms with Crippen molar-refractivity contribution in [1.29, 1.82) is 0 Å². The summed E-state index contributed by atoms with van der Waals surface area (Å²) in [5.74, 6) is -0.0257. The molecule has 1 amide bonds. The van der Waals surface area contributed by atoms with Gasteiger partial charge in [0.15, 0.2) is 0 Å². The molecule has 0 atom stereocenters. The van der Waals surface area contributed by atoms with Crippen molar-refractivity contribution in [2.24, 2.45) is 5.73 Å². The fourth-order valence-electron chi connectivity index (χ4n) is 1.46. The lowest BCUT2D eigenvalue weighted by Gasteiger charge is -2.09. The number of carbonyl (C=O) groups excluding carboxylic acids is 1. The molecule has 1 aromatic rings. The van der Waals surface area contributed by atoms with Gasteiger partial charge in [-0.3, -0.25) is 4.79 Å². The van der Waals surface area contributed by atoms with E-state index in [1.54, 1.807) is 19.2 Å². The molecule has 0 radical (unpaired) electrons. The number of methoxy groups -OCH3 is 1. The topological polar surface area (TPSA) is 96.8 Å². The molecule has 1 rings (SSSR count). The van der Waals surface area contributed by atoms with Gasteiger partial charge in [0.1, 0.15) is 12.4 Å². The first kappa shape index (κ1) is 15.3. The molecule has 0 saturated heterocycles. The molecule has 106 valence electrons. The van der Waals surface area contributed by atoms with Crippen molar-refractivity contribution in [1.82, 2.24) is 0 Å². The van der Waals surface area contributed by atoms with Crippen LogP contribution in [0.2, 0.25) is 0 Å². The summed E-state index contributed by atoms with van der Waals surface area (Å²) in [6, 6.07) is 4.81. The molecule has 0 fully saturated rings. The lowest BCUT2D eigenvalue weighted by molar-refractivity contribution is 0.0806. The van der Waals surface area contributed by atoms with Crippen LogP contribution in [0.3, 0.4) is 0 Å². The lowest BCUT2D eigenvalue weighted by Crippen LogP contribution is -2.14. The molecule has 4 N–H and O–H groups in total. The lowest BCUT2D eigenvalue weighted by atomic mass is 10.1. The number of anilines is 1. The fourth-order valence-corrected chi connectivity index (χ4v) is 1.46. The van der Waals surface area contributed by atoms with Crippen molar-refractivity contribution in [3.8, 4) is 5.75 Å². The molecule has 0 aromatic heterocycles. The average molecular weight is 268 g/mol. The zero-order chi connectivity index (χ0) is 14.1. The van der Waals surface area contributed by atoms with Crippen molar-refractivity contribution in [3.05, 3.63) is 23.8 Å². The summed E-state index contributed by atoms with van der Waals surface area (Å²) in [4.78, 5) is 11.1. The molecule has 0 bridgehead atoms. The Balaban J connectivity index is 2.30. The standard InChI is InChI=1S/C13H20N2O4/c1-17-5-2-6-18-7-8-19-10-3-4-12(14)11(9-10)13(15)16/h3-4,9H,2,5-8,14H2,1H3,(H2,15,16). The van der Waals surface area contributed by atoms with Crippen LogP contribution in [0, 0.1) is 0 Å². The first-order valence-electron chi connectivity index (χ1n) is 6.04. The van der Waals surface area contributed by atoms with Crippen molar-refractivity contribution >= 4 is 11.6 Å². The largest absolute Gasteiger partial charge is 0.491 e. The maximum atomic E-state index is 11.1. The Hall–Kier alpha value is -1.79. The fraction of sp³-hybridized carbons (Fsp3) is 0.462. The molecule has 0 unspecified atom stereocenters. The van der Waals surface area contributed by atoms with E-state index in [1.807, 2.05) is 0 Å². The van der Waals surface area contributed by atoms with E-state index >= 15 is 0 Å². The molecular formula is C13H20N2O4. The minimum absolute atomic E-state index is 0.263. The highest BCUT2D eigenvalue weighted by Gasteiger charge is 2.07. The number of nitrogen functional groups attached to an aromatic ring is 1. The number of amides is 1. The summed E-state index contributed by atoms with van der Waals surface area (Å²) in [6.07, 6.45) is 0.851. The Bertz CT molecular complexity index is 410. The highest BCUT2D eigenvalue weighted by atomic mass is 16.5. The molecular weight excluding hydrogens is 248 g/mol. The normalized spacial score (nSPS) is 10.4. The van der Waals surface area contributed by atoms with Crippen LogP contribution in [-0.2, 0) is 9.47 Å². The summed E-state index contributed by atoms with van der Waals surface area (Å²) in [6.45, 7) is 2.18. The average Bonchev–Trinajstić information content (AvgIpc) is 2.39. The molecule has 0 spiro atoms. The molecule has 0 aliphatic rings. The first-order chi connectivity index (χ1) is 9.15. The highest BCUT2D eigenvalue weighted by Crippen LogP contribution is 2.19. The third-order valence-corrected chi connectivity index (χ3v) is 2.42. The van der Waals surface area contributed by atoms with Crippen LogP contribution in [-0.4, -0.2) is 39.4 Å². The molecule has 0 aliphatic heterocycles. The zero-order valence-corrected chi connectivity index (χ0v) is 11.1. The van der Waals surface area contributed by atoms with Gasteiger partial charge in [-0.05, 0) is 24.6 Å². The molecule has 0 aliphatic carbocycles. The molecule has 6 nitrogen and oxygen atoms in total. The maximum absolute atomic E-state index is 11.1. The van der Waals surface area contributed by atoms with Gasteiger partial charge in [0.25, 0.3) is 5.91 Å². The van der Waals surface area contributed by atoms with Crippen molar-refractivity contribution in [3.63, 3.8) is 0 Å². The van der Waals surface area contributed by atoms with E-state index in [9.17, 15) is 4.79 Å². The first-order valence-corrected chi connectivity index (χ1v) is 6.04. The van der Waals surface area contributed by atoms with Crippen LogP contribution in [0.15, 0.2) is 18.2 Å². The predicted octanol–water partition coefficient (Wildman–Crippen LogP) is 0.800. The minimum Gasteiger partial charge on any atom is -0.491 e. The number of carbonyl (C=O) groups is 1. The number of primary amides is 1. The van der Waals surface area contributed by atoms with Gasteiger partial charge >= 0.3 is 0 Å². The Morgan fingerprint density at radius 2 is 2.00 bits per heavy atom. The molecule has 1 aromatic carbocycles. The Morgan fingerprint density at radius 3 is 2.68 bits per heavy atom. The third-order valence-electron chi connectivity index (χ3n) is 2.42. The number of hydrogen-bond donors (Lipinski definition) is 2. The second-order valence-electron chi connectivity index (χ2n) is 3.92.